The number of piperazine rings is 1. The zero-order valence-electron chi connectivity index (χ0n) is 21.2. The van der Waals surface area contributed by atoms with E-state index in [9.17, 15) is 9.59 Å². The minimum absolute atomic E-state index is 0.132. The molecule has 2 aliphatic rings. The molecular formula is C28H30BrN5O4. The highest BCUT2D eigenvalue weighted by Crippen LogP contribution is 2.26. The Morgan fingerprint density at radius 1 is 1.03 bits per heavy atom. The minimum Gasteiger partial charge on any atom is -0.497 e. The molecule has 0 unspecified atom stereocenters. The Bertz CT molecular complexity index is 1280. The Labute approximate surface area is 230 Å². The number of carbonyl (C=O) groups excluding carboxylic acids is 2. The summed E-state index contributed by atoms with van der Waals surface area (Å²) in [6.45, 7) is 4.19. The number of nitrogens with one attached hydrogen (secondary N) is 1. The number of anilines is 3. The first-order valence-electron chi connectivity index (χ1n) is 12.6. The monoisotopic (exact) mass is 579 g/mol. The molecule has 2 fully saturated rings. The van der Waals surface area contributed by atoms with Crippen molar-refractivity contribution in [2.45, 2.75) is 12.5 Å². The first-order chi connectivity index (χ1) is 18.5. The van der Waals surface area contributed by atoms with Crippen LogP contribution in [0, 0.1) is 0 Å². The number of methoxy groups -OCH3 is 1. The van der Waals surface area contributed by atoms with Crippen LogP contribution in [-0.2, 0) is 16.0 Å². The lowest BCUT2D eigenvalue weighted by Crippen LogP contribution is -2.46. The van der Waals surface area contributed by atoms with Crippen LogP contribution in [0.15, 0.2) is 71.3 Å². The zero-order valence-corrected chi connectivity index (χ0v) is 22.8. The van der Waals surface area contributed by atoms with E-state index in [4.69, 9.17) is 9.47 Å². The maximum Gasteiger partial charge on any atom is 0.414 e. The summed E-state index contributed by atoms with van der Waals surface area (Å²) < 4.78 is 11.5. The molecule has 1 aromatic heterocycles. The quantitative estimate of drug-likeness (QED) is 0.405. The van der Waals surface area contributed by atoms with Gasteiger partial charge in [0.05, 0.1) is 26.6 Å². The standard InChI is InChI=1S/C28H30BrN5O4/c1-37-23-5-2-4-20(16-23)17-27(35)30-18-24-19-34(28(36)38-24)22-10-8-21(9-11-22)32-12-14-33(15-13-32)26-7-3-6-25(29)31-26/h2-11,16,24H,12-15,17-19H2,1H3,(H,30,35)/t24-/m0/s1. The lowest BCUT2D eigenvalue weighted by Gasteiger charge is -2.36. The van der Waals surface area contributed by atoms with Gasteiger partial charge in [-0.25, -0.2) is 9.78 Å². The lowest BCUT2D eigenvalue weighted by atomic mass is 10.1. The molecule has 10 heteroatoms. The van der Waals surface area contributed by atoms with Crippen molar-refractivity contribution in [2.24, 2.45) is 0 Å². The van der Waals surface area contributed by atoms with Gasteiger partial charge in [0.15, 0.2) is 0 Å². The van der Waals surface area contributed by atoms with Crippen LogP contribution in [0.5, 0.6) is 5.75 Å². The van der Waals surface area contributed by atoms with Crippen molar-refractivity contribution in [3.8, 4) is 5.75 Å². The van der Waals surface area contributed by atoms with E-state index in [0.29, 0.717) is 12.3 Å². The summed E-state index contributed by atoms with van der Waals surface area (Å²) in [5.74, 6) is 1.56. The van der Waals surface area contributed by atoms with Gasteiger partial charge in [0.2, 0.25) is 5.91 Å². The molecular weight excluding hydrogens is 550 g/mol. The third kappa shape index (κ3) is 6.19. The molecule has 1 atom stereocenters. The molecule has 0 spiro atoms. The number of hydrogen-bond donors (Lipinski definition) is 1. The number of benzene rings is 2. The first-order valence-corrected chi connectivity index (χ1v) is 13.4. The maximum atomic E-state index is 12.5. The van der Waals surface area contributed by atoms with Crippen molar-refractivity contribution in [2.75, 3.05) is 61.1 Å². The van der Waals surface area contributed by atoms with Crippen molar-refractivity contribution in [3.63, 3.8) is 0 Å². The minimum atomic E-state index is -0.406. The summed E-state index contributed by atoms with van der Waals surface area (Å²) in [5, 5.41) is 2.87. The van der Waals surface area contributed by atoms with Gasteiger partial charge in [0.25, 0.3) is 0 Å². The number of rotatable bonds is 8. The van der Waals surface area contributed by atoms with Gasteiger partial charge in [0, 0.05) is 37.6 Å². The SMILES string of the molecule is COc1cccc(CC(=O)NC[C@H]2CN(c3ccc(N4CCN(c5cccc(Br)n5)CC4)cc3)C(=O)O2)c1. The fourth-order valence-electron chi connectivity index (χ4n) is 4.71. The Morgan fingerprint density at radius 2 is 1.74 bits per heavy atom. The summed E-state index contributed by atoms with van der Waals surface area (Å²) >= 11 is 3.44. The third-order valence-corrected chi connectivity index (χ3v) is 7.17. The molecule has 2 aliphatic heterocycles. The summed E-state index contributed by atoms with van der Waals surface area (Å²) in [4.78, 5) is 35.7. The molecule has 1 N–H and O–H groups in total. The predicted octanol–water partition coefficient (Wildman–Crippen LogP) is 3.86. The molecule has 198 valence electrons. The van der Waals surface area contributed by atoms with E-state index in [-0.39, 0.29) is 18.9 Å². The number of aromatic nitrogens is 1. The highest BCUT2D eigenvalue weighted by molar-refractivity contribution is 9.10. The summed E-state index contributed by atoms with van der Waals surface area (Å²) in [6.07, 6.45) is -0.576. The fourth-order valence-corrected chi connectivity index (χ4v) is 5.04. The van der Waals surface area contributed by atoms with Gasteiger partial charge in [-0.1, -0.05) is 18.2 Å². The number of ether oxygens (including phenoxy) is 2. The normalized spacial score (nSPS) is 17.4. The average Bonchev–Trinajstić information content (AvgIpc) is 3.32. The fraction of sp³-hybridized carbons (Fsp3) is 0.321. The van der Waals surface area contributed by atoms with E-state index in [1.54, 1.807) is 12.0 Å². The molecule has 2 saturated heterocycles. The molecule has 0 bridgehead atoms. The van der Waals surface area contributed by atoms with E-state index in [1.807, 2.05) is 66.7 Å². The molecule has 2 aromatic carbocycles. The number of carbonyl (C=O) groups is 2. The van der Waals surface area contributed by atoms with Gasteiger partial charge in [-0.15, -0.1) is 0 Å². The van der Waals surface area contributed by atoms with Gasteiger partial charge in [-0.3, -0.25) is 9.69 Å². The molecule has 0 radical (unpaired) electrons. The van der Waals surface area contributed by atoms with Crippen LogP contribution in [-0.4, -0.2) is 69.5 Å². The number of halogens is 1. The highest BCUT2D eigenvalue weighted by atomic mass is 79.9. The van der Waals surface area contributed by atoms with E-state index in [2.05, 4.69) is 36.0 Å². The first kappa shape index (κ1) is 25.8. The number of amides is 2. The van der Waals surface area contributed by atoms with E-state index >= 15 is 0 Å². The van der Waals surface area contributed by atoms with Crippen LogP contribution >= 0.6 is 15.9 Å². The predicted molar refractivity (Wildman–Crippen MR) is 150 cm³/mol. The summed E-state index contributed by atoms with van der Waals surface area (Å²) in [5.41, 5.74) is 2.75. The molecule has 38 heavy (non-hydrogen) atoms. The molecule has 3 heterocycles. The Balaban J connectivity index is 1.10. The van der Waals surface area contributed by atoms with E-state index in [1.165, 1.54) is 0 Å². The molecule has 0 aliphatic carbocycles. The smallest absolute Gasteiger partial charge is 0.414 e. The van der Waals surface area contributed by atoms with Crippen LogP contribution < -0.4 is 24.8 Å². The number of cyclic esters (lactones) is 1. The second-order valence-corrected chi connectivity index (χ2v) is 10.1. The van der Waals surface area contributed by atoms with Crippen LogP contribution in [0.25, 0.3) is 0 Å². The van der Waals surface area contributed by atoms with Crippen molar-refractivity contribution < 1.29 is 19.1 Å². The van der Waals surface area contributed by atoms with Crippen LogP contribution in [0.4, 0.5) is 22.0 Å². The van der Waals surface area contributed by atoms with Gasteiger partial charge < -0.3 is 24.6 Å². The molecule has 9 nitrogen and oxygen atoms in total. The number of hydrogen-bond acceptors (Lipinski definition) is 7. The van der Waals surface area contributed by atoms with E-state index in [0.717, 1.165) is 53.5 Å². The maximum absolute atomic E-state index is 12.5. The third-order valence-electron chi connectivity index (χ3n) is 6.73. The Hall–Kier alpha value is -3.79. The van der Waals surface area contributed by atoms with Crippen molar-refractivity contribution in [1.29, 1.82) is 0 Å². The van der Waals surface area contributed by atoms with Crippen LogP contribution in [0.1, 0.15) is 5.56 Å². The van der Waals surface area contributed by atoms with Crippen molar-refractivity contribution >= 4 is 45.1 Å². The lowest BCUT2D eigenvalue weighted by molar-refractivity contribution is -0.120. The molecule has 3 aromatic rings. The van der Waals surface area contributed by atoms with Crippen molar-refractivity contribution in [3.05, 3.63) is 76.9 Å². The molecule has 5 rings (SSSR count). The molecule has 2 amide bonds. The number of nitrogens with zero attached hydrogens (tertiary/aromatic N) is 4. The second-order valence-electron chi connectivity index (χ2n) is 9.26. The Kier molecular flexibility index (Phi) is 7.97. The van der Waals surface area contributed by atoms with E-state index < -0.39 is 12.2 Å². The van der Waals surface area contributed by atoms with Crippen molar-refractivity contribution in [1.82, 2.24) is 10.3 Å². The van der Waals surface area contributed by atoms with Gasteiger partial charge in [-0.2, -0.15) is 0 Å². The van der Waals surface area contributed by atoms with Gasteiger partial charge in [0.1, 0.15) is 22.3 Å². The molecule has 0 saturated carbocycles. The number of pyridine rings is 1. The van der Waals surface area contributed by atoms with Crippen LogP contribution in [0.2, 0.25) is 0 Å². The van der Waals surface area contributed by atoms with Gasteiger partial charge in [-0.05, 0) is 70.0 Å². The van der Waals surface area contributed by atoms with Gasteiger partial charge >= 0.3 is 6.09 Å². The zero-order chi connectivity index (χ0) is 26.5. The Morgan fingerprint density at radius 3 is 2.47 bits per heavy atom. The highest BCUT2D eigenvalue weighted by Gasteiger charge is 2.32. The summed E-state index contributed by atoms with van der Waals surface area (Å²) in [6, 6.07) is 21.3. The van der Waals surface area contributed by atoms with Crippen LogP contribution in [0.3, 0.4) is 0 Å². The largest absolute Gasteiger partial charge is 0.497 e. The summed E-state index contributed by atoms with van der Waals surface area (Å²) in [7, 11) is 1.59. The second kappa shape index (κ2) is 11.7. The average molecular weight is 580 g/mol. The topological polar surface area (TPSA) is 87.2 Å².